The van der Waals surface area contributed by atoms with E-state index in [2.05, 4.69) is 35.3 Å². The topological polar surface area (TPSA) is 24.9 Å². The van der Waals surface area contributed by atoms with Crippen LogP contribution in [-0.4, -0.2) is 4.98 Å². The van der Waals surface area contributed by atoms with Crippen LogP contribution in [0.2, 0.25) is 5.02 Å². The minimum atomic E-state index is 0.738. The molecule has 3 aromatic rings. The summed E-state index contributed by atoms with van der Waals surface area (Å²) in [6.45, 7) is 8.17. The van der Waals surface area contributed by atoms with Crippen LogP contribution in [0.1, 0.15) is 22.3 Å². The van der Waals surface area contributed by atoms with Crippen LogP contribution in [0, 0.1) is 11.8 Å². The number of nitrogens with zero attached hydrogens (tertiary/aromatic N) is 1. The average molecular weight is 403 g/mol. The molecule has 3 rings (SSSR count). The molecule has 0 saturated carbocycles. The Balaban J connectivity index is 1.59. The number of pyridine rings is 1. The van der Waals surface area contributed by atoms with Gasteiger partial charge in [-0.15, -0.1) is 11.8 Å². The standard InChI is InChI=1S/C24H19ClN2S/c1-18(27-19(2)28-17-21-10-12-24(25)13-11-21)23-14-22(15-26-16-23)9-8-20-6-4-3-5-7-20/h3-7,10-16,27H,1-2,17H2. The van der Waals surface area contributed by atoms with E-state index < -0.39 is 0 Å². The SMILES string of the molecule is C=C(NC(=C)c1cncc(C#Cc2ccccc2)c1)SCc1ccc(Cl)cc1. The quantitative estimate of drug-likeness (QED) is 0.504. The van der Waals surface area contributed by atoms with E-state index in [-0.39, 0.29) is 0 Å². The molecule has 0 atom stereocenters. The molecule has 0 amide bonds. The Hall–Kier alpha value is -2.93. The lowest BCUT2D eigenvalue weighted by Gasteiger charge is -2.12. The van der Waals surface area contributed by atoms with Gasteiger partial charge in [-0.2, -0.15) is 0 Å². The molecule has 2 nitrogen and oxygen atoms in total. The average Bonchev–Trinajstić information content (AvgIpc) is 2.73. The predicted octanol–water partition coefficient (Wildman–Crippen LogP) is 6.10. The van der Waals surface area contributed by atoms with Crippen LogP contribution >= 0.6 is 23.4 Å². The van der Waals surface area contributed by atoms with Crippen molar-refractivity contribution in [3.8, 4) is 11.8 Å². The van der Waals surface area contributed by atoms with E-state index in [9.17, 15) is 0 Å². The van der Waals surface area contributed by atoms with Gasteiger partial charge in [0.2, 0.25) is 0 Å². The summed E-state index contributed by atoms with van der Waals surface area (Å²) in [7, 11) is 0. The van der Waals surface area contributed by atoms with Crippen molar-refractivity contribution in [3.63, 3.8) is 0 Å². The zero-order valence-corrected chi connectivity index (χ0v) is 16.9. The van der Waals surface area contributed by atoms with Gasteiger partial charge in [0, 0.05) is 45.6 Å². The van der Waals surface area contributed by atoms with Crippen molar-refractivity contribution in [2.75, 3.05) is 0 Å². The number of hydrogen-bond acceptors (Lipinski definition) is 3. The molecule has 0 aliphatic rings. The summed E-state index contributed by atoms with van der Waals surface area (Å²) in [6.07, 6.45) is 3.51. The third kappa shape index (κ3) is 6.06. The van der Waals surface area contributed by atoms with Crippen LogP contribution in [-0.2, 0) is 5.75 Å². The van der Waals surface area contributed by atoms with Crippen molar-refractivity contribution in [2.24, 2.45) is 0 Å². The predicted molar refractivity (Wildman–Crippen MR) is 121 cm³/mol. The fraction of sp³-hybridized carbons (Fsp3) is 0.0417. The van der Waals surface area contributed by atoms with Crippen LogP contribution in [0.4, 0.5) is 0 Å². The minimum Gasteiger partial charge on any atom is -0.351 e. The first-order valence-electron chi connectivity index (χ1n) is 8.65. The molecule has 0 saturated heterocycles. The van der Waals surface area contributed by atoms with E-state index in [1.807, 2.05) is 60.7 Å². The Morgan fingerprint density at radius 3 is 2.43 bits per heavy atom. The first kappa shape index (κ1) is 19.8. The number of rotatable bonds is 6. The van der Waals surface area contributed by atoms with Crippen molar-refractivity contribution in [1.29, 1.82) is 0 Å². The Morgan fingerprint density at radius 1 is 0.964 bits per heavy atom. The fourth-order valence-electron chi connectivity index (χ4n) is 2.37. The molecular weight excluding hydrogens is 384 g/mol. The zero-order chi connectivity index (χ0) is 19.8. The Morgan fingerprint density at radius 2 is 1.68 bits per heavy atom. The van der Waals surface area contributed by atoms with Gasteiger partial charge in [0.05, 0.1) is 5.03 Å². The molecule has 0 radical (unpaired) electrons. The maximum Gasteiger partial charge on any atom is 0.0655 e. The molecule has 1 heterocycles. The Kier molecular flexibility index (Phi) is 6.97. The largest absolute Gasteiger partial charge is 0.351 e. The van der Waals surface area contributed by atoms with Crippen LogP contribution in [0.3, 0.4) is 0 Å². The van der Waals surface area contributed by atoms with Crippen LogP contribution in [0.25, 0.3) is 5.70 Å². The molecule has 28 heavy (non-hydrogen) atoms. The molecule has 2 aromatic carbocycles. The third-order valence-corrected chi connectivity index (χ3v) is 5.01. The molecule has 0 aliphatic heterocycles. The monoisotopic (exact) mass is 402 g/mol. The second kappa shape index (κ2) is 9.85. The lowest BCUT2D eigenvalue weighted by molar-refractivity contribution is 1.18. The van der Waals surface area contributed by atoms with Crippen molar-refractivity contribution < 1.29 is 0 Å². The zero-order valence-electron chi connectivity index (χ0n) is 15.3. The molecule has 0 bridgehead atoms. The van der Waals surface area contributed by atoms with Gasteiger partial charge in [0.25, 0.3) is 0 Å². The van der Waals surface area contributed by atoms with Crippen LogP contribution < -0.4 is 5.32 Å². The highest BCUT2D eigenvalue weighted by molar-refractivity contribution is 8.02. The first-order chi connectivity index (χ1) is 13.6. The smallest absolute Gasteiger partial charge is 0.0655 e. The molecule has 138 valence electrons. The van der Waals surface area contributed by atoms with Gasteiger partial charge in [-0.1, -0.05) is 66.9 Å². The molecule has 0 spiro atoms. The van der Waals surface area contributed by atoms with Gasteiger partial charge < -0.3 is 5.32 Å². The Bertz CT molecular complexity index is 1030. The van der Waals surface area contributed by atoms with Gasteiger partial charge in [0.1, 0.15) is 0 Å². The van der Waals surface area contributed by atoms with Crippen LogP contribution in [0.5, 0.6) is 0 Å². The van der Waals surface area contributed by atoms with E-state index in [0.29, 0.717) is 0 Å². The highest BCUT2D eigenvalue weighted by Gasteiger charge is 2.03. The third-order valence-electron chi connectivity index (χ3n) is 3.83. The van der Waals surface area contributed by atoms with Crippen molar-refractivity contribution in [2.45, 2.75) is 5.75 Å². The normalized spacial score (nSPS) is 9.89. The molecule has 1 N–H and O–H groups in total. The number of nitrogens with one attached hydrogen (secondary N) is 1. The first-order valence-corrected chi connectivity index (χ1v) is 10.0. The van der Waals surface area contributed by atoms with E-state index in [0.717, 1.165) is 38.2 Å². The summed E-state index contributed by atoms with van der Waals surface area (Å²) in [5.74, 6) is 7.08. The molecule has 0 fully saturated rings. The van der Waals surface area contributed by atoms with E-state index >= 15 is 0 Å². The summed E-state index contributed by atoms with van der Waals surface area (Å²) in [5.41, 5.74) is 4.61. The van der Waals surface area contributed by atoms with E-state index in [4.69, 9.17) is 11.6 Å². The van der Waals surface area contributed by atoms with E-state index in [1.54, 1.807) is 24.2 Å². The van der Waals surface area contributed by atoms with Crippen molar-refractivity contribution in [1.82, 2.24) is 10.3 Å². The van der Waals surface area contributed by atoms with Gasteiger partial charge in [0.15, 0.2) is 0 Å². The second-order valence-corrected chi connectivity index (χ2v) is 7.53. The summed E-state index contributed by atoms with van der Waals surface area (Å²) in [4.78, 5) is 4.27. The summed E-state index contributed by atoms with van der Waals surface area (Å²) >= 11 is 7.53. The van der Waals surface area contributed by atoms with Gasteiger partial charge in [-0.05, 0) is 35.9 Å². The molecule has 1 aromatic heterocycles. The number of thioether (sulfide) groups is 1. The van der Waals surface area contributed by atoms with Crippen molar-refractivity contribution in [3.05, 3.63) is 119 Å². The molecule has 0 unspecified atom stereocenters. The number of aromatic nitrogens is 1. The lowest BCUT2D eigenvalue weighted by Crippen LogP contribution is -2.08. The highest BCUT2D eigenvalue weighted by atomic mass is 35.5. The fourth-order valence-corrected chi connectivity index (χ4v) is 3.22. The molecular formula is C24H19ClN2S. The number of benzene rings is 2. The number of halogens is 1. The minimum absolute atomic E-state index is 0.738. The maximum atomic E-state index is 5.92. The molecule has 0 aliphatic carbocycles. The van der Waals surface area contributed by atoms with Gasteiger partial charge in [-0.25, -0.2) is 0 Å². The number of hydrogen-bond donors (Lipinski definition) is 1. The second-order valence-electron chi connectivity index (χ2n) is 6.02. The highest BCUT2D eigenvalue weighted by Crippen LogP contribution is 2.22. The summed E-state index contributed by atoms with van der Waals surface area (Å²) in [5, 5.41) is 4.80. The van der Waals surface area contributed by atoms with E-state index in [1.165, 1.54) is 5.56 Å². The molecule has 4 heteroatoms. The van der Waals surface area contributed by atoms with Crippen molar-refractivity contribution >= 4 is 29.1 Å². The lowest BCUT2D eigenvalue weighted by atomic mass is 10.1. The maximum absolute atomic E-state index is 5.92. The van der Waals surface area contributed by atoms with Gasteiger partial charge in [-0.3, -0.25) is 4.98 Å². The Labute approximate surface area is 175 Å². The summed E-state index contributed by atoms with van der Waals surface area (Å²) in [6, 6.07) is 19.6. The van der Waals surface area contributed by atoms with Crippen LogP contribution in [0.15, 0.2) is 91.2 Å². The summed E-state index contributed by atoms with van der Waals surface area (Å²) < 4.78 is 0. The van der Waals surface area contributed by atoms with Gasteiger partial charge >= 0.3 is 0 Å².